The maximum absolute atomic E-state index is 12.0. The van der Waals surface area contributed by atoms with Crippen LogP contribution in [0.15, 0.2) is 12.2 Å². The minimum absolute atomic E-state index is 0.154. The summed E-state index contributed by atoms with van der Waals surface area (Å²) < 4.78 is 0. The number of hydrogen-bond donors (Lipinski definition) is 2. The zero-order valence-electron chi connectivity index (χ0n) is 27.9. The Kier molecular flexibility index (Phi) is 33.8. The first-order chi connectivity index (χ1) is 20.2. The molecule has 0 spiro atoms. The van der Waals surface area contributed by atoms with Crippen LogP contribution in [0.4, 0.5) is 0 Å². The third-order valence-electron chi connectivity index (χ3n) is 8.17. The Morgan fingerprint density at radius 2 is 0.683 bits per heavy atom. The first kappa shape index (κ1) is 39.7. The smallest absolute Gasteiger partial charge is 0.219 e. The maximum Gasteiger partial charge on any atom is 0.219 e. The summed E-state index contributed by atoms with van der Waals surface area (Å²) in [6.07, 6.45) is 40.6. The lowest BCUT2D eigenvalue weighted by atomic mass is 10.0. The van der Waals surface area contributed by atoms with Crippen LogP contribution in [0.3, 0.4) is 0 Å². The van der Waals surface area contributed by atoms with Crippen molar-refractivity contribution in [1.82, 2.24) is 10.6 Å². The molecule has 0 rings (SSSR count). The fraction of sp³-hybridized carbons (Fsp3) is 0.892. The van der Waals surface area contributed by atoms with E-state index in [1.54, 1.807) is 0 Å². The van der Waals surface area contributed by atoms with Crippen molar-refractivity contribution < 1.29 is 9.59 Å². The summed E-state index contributed by atoms with van der Waals surface area (Å²) in [5, 5.41) is 6.01. The van der Waals surface area contributed by atoms with Gasteiger partial charge in [-0.15, -0.1) is 0 Å². The number of carbonyl (C=O) groups is 2. The van der Waals surface area contributed by atoms with Gasteiger partial charge in [-0.25, -0.2) is 0 Å². The van der Waals surface area contributed by atoms with Crippen molar-refractivity contribution in [2.75, 3.05) is 13.1 Å². The standard InChI is InChI=1S/C37H72N2O2/c1-3-5-7-9-11-13-15-17-18-20-22-24-26-28-30-33-37(41)39-35-31-34-38-36(40)32-29-27-25-23-21-19-16-14-12-10-8-6-4-2/h17-18H,3-16,19-35H2,1-2H3,(H,38,40)(H,39,41)/b18-17-. The van der Waals surface area contributed by atoms with Crippen molar-refractivity contribution in [3.63, 3.8) is 0 Å². The highest BCUT2D eigenvalue weighted by Crippen LogP contribution is 2.13. The van der Waals surface area contributed by atoms with Crippen LogP contribution in [-0.2, 0) is 9.59 Å². The van der Waals surface area contributed by atoms with Gasteiger partial charge in [0.2, 0.25) is 11.8 Å². The number of nitrogens with one attached hydrogen (secondary N) is 2. The predicted molar refractivity (Wildman–Crippen MR) is 180 cm³/mol. The van der Waals surface area contributed by atoms with Crippen molar-refractivity contribution >= 4 is 11.8 Å². The fourth-order valence-corrected chi connectivity index (χ4v) is 5.38. The molecule has 41 heavy (non-hydrogen) atoms. The molecule has 242 valence electrons. The Bertz CT molecular complexity index is 575. The Balaban J connectivity index is 3.30. The molecule has 4 heteroatoms. The molecule has 0 heterocycles. The van der Waals surface area contributed by atoms with E-state index in [1.807, 2.05) is 0 Å². The van der Waals surface area contributed by atoms with E-state index in [0.717, 1.165) is 32.1 Å². The normalized spacial score (nSPS) is 11.4. The topological polar surface area (TPSA) is 58.2 Å². The Hall–Kier alpha value is -1.32. The number of unbranched alkanes of at least 4 members (excludes halogenated alkanes) is 23. The fourth-order valence-electron chi connectivity index (χ4n) is 5.38. The third kappa shape index (κ3) is 34.8. The highest BCUT2D eigenvalue weighted by Gasteiger charge is 2.03. The van der Waals surface area contributed by atoms with Gasteiger partial charge in [0.1, 0.15) is 0 Å². The number of rotatable bonds is 33. The summed E-state index contributed by atoms with van der Waals surface area (Å²) in [4.78, 5) is 24.0. The van der Waals surface area contributed by atoms with E-state index >= 15 is 0 Å². The molecule has 0 atom stereocenters. The molecule has 0 radical (unpaired) electrons. The summed E-state index contributed by atoms with van der Waals surface area (Å²) in [7, 11) is 0. The Morgan fingerprint density at radius 3 is 1.02 bits per heavy atom. The number of carbonyl (C=O) groups excluding carboxylic acids is 2. The molecule has 0 aromatic carbocycles. The molecule has 0 aliphatic heterocycles. The third-order valence-corrected chi connectivity index (χ3v) is 8.17. The van der Waals surface area contributed by atoms with E-state index in [9.17, 15) is 9.59 Å². The van der Waals surface area contributed by atoms with Gasteiger partial charge < -0.3 is 10.6 Å². The first-order valence-electron chi connectivity index (χ1n) is 18.4. The van der Waals surface area contributed by atoms with Gasteiger partial charge >= 0.3 is 0 Å². The second-order valence-electron chi connectivity index (χ2n) is 12.4. The van der Waals surface area contributed by atoms with Crippen molar-refractivity contribution in [3.05, 3.63) is 12.2 Å². The first-order valence-corrected chi connectivity index (χ1v) is 18.4. The molecule has 0 unspecified atom stereocenters. The Morgan fingerprint density at radius 1 is 0.390 bits per heavy atom. The largest absolute Gasteiger partial charge is 0.356 e. The Labute approximate surface area is 257 Å². The molecule has 0 aromatic heterocycles. The van der Waals surface area contributed by atoms with E-state index in [1.165, 1.54) is 141 Å². The average molecular weight is 577 g/mol. The maximum atomic E-state index is 12.0. The summed E-state index contributed by atoms with van der Waals surface area (Å²) >= 11 is 0. The molecule has 0 aliphatic rings. The van der Waals surface area contributed by atoms with Crippen LogP contribution in [0.25, 0.3) is 0 Å². The van der Waals surface area contributed by atoms with Crippen LogP contribution in [0, 0.1) is 0 Å². The molecular weight excluding hydrogens is 504 g/mol. The number of amides is 2. The van der Waals surface area contributed by atoms with Crippen molar-refractivity contribution in [2.45, 2.75) is 200 Å². The number of hydrogen-bond acceptors (Lipinski definition) is 2. The van der Waals surface area contributed by atoms with Gasteiger partial charge in [-0.1, -0.05) is 154 Å². The molecule has 2 N–H and O–H groups in total. The van der Waals surface area contributed by atoms with Crippen LogP contribution < -0.4 is 10.6 Å². The van der Waals surface area contributed by atoms with E-state index in [-0.39, 0.29) is 11.8 Å². The van der Waals surface area contributed by atoms with Gasteiger partial charge in [0.25, 0.3) is 0 Å². The van der Waals surface area contributed by atoms with Gasteiger partial charge in [-0.3, -0.25) is 9.59 Å². The predicted octanol–water partition coefficient (Wildman–Crippen LogP) is 11.1. The molecule has 0 aromatic rings. The van der Waals surface area contributed by atoms with Crippen LogP contribution in [-0.4, -0.2) is 24.9 Å². The SMILES string of the molecule is CCCCCCCC/C=C\CCCCCCCC(=O)NCCCNC(=O)CCCCCCCCCCCCCCC. The molecule has 0 fully saturated rings. The van der Waals surface area contributed by atoms with Gasteiger partial charge in [-0.2, -0.15) is 0 Å². The van der Waals surface area contributed by atoms with Crippen molar-refractivity contribution in [2.24, 2.45) is 0 Å². The lowest BCUT2D eigenvalue weighted by molar-refractivity contribution is -0.121. The van der Waals surface area contributed by atoms with Gasteiger partial charge in [0, 0.05) is 25.9 Å². The molecular formula is C37H72N2O2. The quantitative estimate of drug-likeness (QED) is 0.0603. The van der Waals surface area contributed by atoms with Gasteiger partial charge in [-0.05, 0) is 44.9 Å². The lowest BCUT2D eigenvalue weighted by Crippen LogP contribution is -2.29. The molecule has 0 aliphatic carbocycles. The minimum atomic E-state index is 0.154. The highest BCUT2D eigenvalue weighted by molar-refractivity contribution is 5.76. The summed E-state index contributed by atoms with van der Waals surface area (Å²) in [5.74, 6) is 0.314. The van der Waals surface area contributed by atoms with Crippen LogP contribution in [0.5, 0.6) is 0 Å². The monoisotopic (exact) mass is 577 g/mol. The number of allylic oxidation sites excluding steroid dienone is 2. The van der Waals surface area contributed by atoms with Crippen molar-refractivity contribution in [3.8, 4) is 0 Å². The molecule has 0 saturated carbocycles. The van der Waals surface area contributed by atoms with E-state index in [4.69, 9.17) is 0 Å². The van der Waals surface area contributed by atoms with Crippen LogP contribution in [0.2, 0.25) is 0 Å². The second kappa shape index (κ2) is 34.9. The molecule has 2 amide bonds. The minimum Gasteiger partial charge on any atom is -0.356 e. The van der Waals surface area contributed by atoms with Crippen molar-refractivity contribution in [1.29, 1.82) is 0 Å². The van der Waals surface area contributed by atoms with E-state index in [2.05, 4.69) is 36.6 Å². The lowest BCUT2D eigenvalue weighted by Gasteiger charge is -2.07. The summed E-state index contributed by atoms with van der Waals surface area (Å²) in [6.45, 7) is 5.86. The van der Waals surface area contributed by atoms with E-state index in [0.29, 0.717) is 25.9 Å². The zero-order chi connectivity index (χ0) is 29.9. The van der Waals surface area contributed by atoms with Gasteiger partial charge in [0.05, 0.1) is 0 Å². The molecule has 0 bridgehead atoms. The highest BCUT2D eigenvalue weighted by atomic mass is 16.2. The average Bonchev–Trinajstić information content (AvgIpc) is 2.97. The summed E-state index contributed by atoms with van der Waals surface area (Å²) in [5.41, 5.74) is 0. The van der Waals surface area contributed by atoms with Crippen LogP contribution in [0.1, 0.15) is 200 Å². The van der Waals surface area contributed by atoms with Crippen LogP contribution >= 0.6 is 0 Å². The zero-order valence-corrected chi connectivity index (χ0v) is 27.9. The van der Waals surface area contributed by atoms with E-state index < -0.39 is 0 Å². The van der Waals surface area contributed by atoms with Gasteiger partial charge in [0.15, 0.2) is 0 Å². The summed E-state index contributed by atoms with van der Waals surface area (Å²) in [6, 6.07) is 0. The second-order valence-corrected chi connectivity index (χ2v) is 12.4. The molecule has 4 nitrogen and oxygen atoms in total. The molecule has 0 saturated heterocycles.